The van der Waals surface area contributed by atoms with E-state index < -0.39 is 0 Å². The summed E-state index contributed by atoms with van der Waals surface area (Å²) in [5, 5.41) is 16.1. The number of para-hydroxylation sites is 1. The fraction of sp³-hybridized carbons (Fsp3) is 0.250. The van der Waals surface area contributed by atoms with Crippen molar-refractivity contribution >= 4 is 73.9 Å². The molecule has 3 aromatic carbocycles. The van der Waals surface area contributed by atoms with Crippen LogP contribution < -0.4 is 5.32 Å². The van der Waals surface area contributed by atoms with Gasteiger partial charge in [0.1, 0.15) is 0 Å². The smallest absolute Gasteiger partial charge is 0.282 e. The van der Waals surface area contributed by atoms with Gasteiger partial charge in [-0.2, -0.15) is 0 Å². The minimum absolute atomic E-state index is 0.00637. The molecule has 1 N–H and O–H groups in total. The van der Waals surface area contributed by atoms with Crippen molar-refractivity contribution in [2.75, 3.05) is 5.32 Å². The lowest BCUT2D eigenvalue weighted by atomic mass is 9.77. The summed E-state index contributed by atoms with van der Waals surface area (Å²) in [5.74, 6) is 0.184. The molecule has 1 aliphatic carbocycles. The van der Waals surface area contributed by atoms with Crippen LogP contribution in [0.15, 0.2) is 70.0 Å². The molecule has 170 valence electrons. The van der Waals surface area contributed by atoms with Crippen molar-refractivity contribution in [1.82, 2.24) is 0 Å². The maximum absolute atomic E-state index is 11.5. The number of thioether (sulfide) groups is 1. The van der Waals surface area contributed by atoms with Gasteiger partial charge in [-0.1, -0.05) is 63.4 Å². The molecule has 33 heavy (non-hydrogen) atoms. The van der Waals surface area contributed by atoms with Crippen molar-refractivity contribution < 1.29 is 4.92 Å². The number of fused-ring (bicyclic) bond motifs is 3. The van der Waals surface area contributed by atoms with Crippen molar-refractivity contribution in [1.29, 1.82) is 0 Å². The van der Waals surface area contributed by atoms with Crippen LogP contribution in [0.25, 0.3) is 0 Å². The highest BCUT2D eigenvalue weighted by atomic mass is 79.9. The predicted molar refractivity (Wildman–Crippen MR) is 140 cm³/mol. The molecule has 2 aliphatic rings. The van der Waals surface area contributed by atoms with E-state index in [4.69, 9.17) is 34.8 Å². The first kappa shape index (κ1) is 23.3. The van der Waals surface area contributed by atoms with Gasteiger partial charge in [-0.15, -0.1) is 23.4 Å². The molecule has 0 radical (unpaired) electrons. The van der Waals surface area contributed by atoms with E-state index in [2.05, 4.69) is 33.4 Å². The van der Waals surface area contributed by atoms with E-state index in [0.29, 0.717) is 14.9 Å². The molecule has 0 aromatic heterocycles. The van der Waals surface area contributed by atoms with E-state index in [1.165, 1.54) is 17.8 Å². The van der Waals surface area contributed by atoms with E-state index in [-0.39, 0.29) is 39.1 Å². The van der Waals surface area contributed by atoms with Crippen LogP contribution in [0.2, 0.25) is 10.0 Å². The number of anilines is 1. The van der Waals surface area contributed by atoms with Crippen molar-refractivity contribution in [3.05, 3.63) is 96.4 Å². The van der Waals surface area contributed by atoms with E-state index in [9.17, 15) is 10.1 Å². The molecule has 0 spiro atoms. The molecule has 1 saturated carbocycles. The fourth-order valence-electron chi connectivity index (χ4n) is 5.01. The van der Waals surface area contributed by atoms with Crippen LogP contribution in [0, 0.1) is 16.0 Å². The lowest BCUT2D eigenvalue weighted by Crippen LogP contribution is -2.31. The first-order valence-electron chi connectivity index (χ1n) is 10.4. The normalized spacial score (nSPS) is 25.8. The van der Waals surface area contributed by atoms with Crippen LogP contribution in [-0.4, -0.2) is 15.6 Å². The molecule has 1 fully saturated rings. The van der Waals surface area contributed by atoms with Crippen molar-refractivity contribution in [2.24, 2.45) is 5.92 Å². The van der Waals surface area contributed by atoms with Crippen molar-refractivity contribution in [2.45, 2.75) is 33.9 Å². The highest BCUT2D eigenvalue weighted by Crippen LogP contribution is 2.59. The summed E-state index contributed by atoms with van der Waals surface area (Å²) in [6.07, 6.45) is 0.798. The monoisotopic (exact) mass is 582 g/mol. The summed E-state index contributed by atoms with van der Waals surface area (Å²) in [6, 6.07) is 18.8. The third-order valence-electron chi connectivity index (χ3n) is 6.41. The van der Waals surface area contributed by atoms with E-state index in [0.717, 1.165) is 27.7 Å². The van der Waals surface area contributed by atoms with Crippen LogP contribution in [-0.2, 0) is 0 Å². The average Bonchev–Trinajstić information content (AvgIpc) is 3.10. The molecule has 1 aliphatic heterocycles. The second-order valence-electron chi connectivity index (χ2n) is 8.28. The first-order valence-corrected chi connectivity index (χ1v) is 13.2. The van der Waals surface area contributed by atoms with Crippen LogP contribution in [0.5, 0.6) is 0 Å². The number of nitrogens with zero attached hydrogens (tertiary/aromatic N) is 1. The number of hydrogen-bond acceptors (Lipinski definition) is 4. The Bertz CT molecular complexity index is 1230. The fourth-order valence-corrected chi connectivity index (χ4v) is 7.79. The van der Waals surface area contributed by atoms with Crippen molar-refractivity contribution in [3.63, 3.8) is 0 Å². The lowest BCUT2D eigenvalue weighted by Gasteiger charge is -2.39. The summed E-state index contributed by atoms with van der Waals surface area (Å²) in [6.45, 7) is 0. The second kappa shape index (κ2) is 9.31. The SMILES string of the molecule is O=[N+]([O-])c1ccccc1S[C@@H]1C[C@@H]2[C@H](c3cc(Cl)cc(Cl)c3N[C@H]2c2ccc(Br)cc2)[C@@H]1Cl. The second-order valence-corrected chi connectivity index (χ2v) is 11.8. The minimum atomic E-state index is -0.339. The van der Waals surface area contributed by atoms with Gasteiger partial charge in [-0.05, 0) is 53.8 Å². The molecular formula is C24H18BrCl3N2O2S. The number of benzene rings is 3. The minimum Gasteiger partial charge on any atom is -0.376 e. The van der Waals surface area contributed by atoms with Gasteiger partial charge in [-0.25, -0.2) is 0 Å². The zero-order chi connectivity index (χ0) is 23.3. The Labute approximate surface area is 219 Å². The van der Waals surface area contributed by atoms with Crippen molar-refractivity contribution in [3.8, 4) is 0 Å². The van der Waals surface area contributed by atoms with Crippen LogP contribution >= 0.6 is 62.5 Å². The zero-order valence-electron chi connectivity index (χ0n) is 17.1. The Kier molecular flexibility index (Phi) is 6.57. The molecule has 0 bridgehead atoms. The lowest BCUT2D eigenvalue weighted by molar-refractivity contribution is -0.387. The average molecular weight is 585 g/mol. The van der Waals surface area contributed by atoms with E-state index in [1.807, 2.05) is 24.3 Å². The van der Waals surface area contributed by atoms with Gasteiger partial charge in [0.05, 0.1) is 31.9 Å². The van der Waals surface area contributed by atoms with Gasteiger partial charge in [-0.3, -0.25) is 10.1 Å². The number of nitro benzene ring substituents is 1. The highest BCUT2D eigenvalue weighted by molar-refractivity contribution is 9.10. The molecule has 9 heteroatoms. The summed E-state index contributed by atoms with van der Waals surface area (Å²) in [5.41, 5.74) is 3.12. The molecule has 0 unspecified atom stereocenters. The van der Waals surface area contributed by atoms with E-state index >= 15 is 0 Å². The molecule has 3 aromatic rings. The molecule has 5 atom stereocenters. The summed E-state index contributed by atoms with van der Waals surface area (Å²) >= 11 is 25.1. The molecule has 0 saturated heterocycles. The molecular weight excluding hydrogens is 567 g/mol. The molecule has 0 amide bonds. The van der Waals surface area contributed by atoms with Gasteiger partial charge in [0.2, 0.25) is 0 Å². The summed E-state index contributed by atoms with van der Waals surface area (Å²) in [4.78, 5) is 11.8. The molecule has 5 rings (SSSR count). The third kappa shape index (κ3) is 4.37. The number of alkyl halides is 1. The Morgan fingerprint density at radius 1 is 1.09 bits per heavy atom. The Balaban J connectivity index is 1.56. The topological polar surface area (TPSA) is 55.2 Å². The van der Waals surface area contributed by atoms with Crippen LogP contribution in [0.4, 0.5) is 11.4 Å². The Hall–Kier alpha value is -1.44. The molecule has 4 nitrogen and oxygen atoms in total. The maximum Gasteiger partial charge on any atom is 0.282 e. The first-order chi connectivity index (χ1) is 15.8. The Morgan fingerprint density at radius 2 is 1.82 bits per heavy atom. The van der Waals surface area contributed by atoms with E-state index in [1.54, 1.807) is 18.2 Å². The number of hydrogen-bond donors (Lipinski definition) is 1. The van der Waals surface area contributed by atoms with Gasteiger partial charge in [0.15, 0.2) is 0 Å². The Morgan fingerprint density at radius 3 is 2.55 bits per heavy atom. The summed E-state index contributed by atoms with van der Waals surface area (Å²) < 4.78 is 1.01. The van der Waals surface area contributed by atoms with Gasteiger partial charge < -0.3 is 5.32 Å². The third-order valence-corrected chi connectivity index (χ3v) is 9.56. The number of rotatable bonds is 4. The van der Waals surface area contributed by atoms with Crippen LogP contribution in [0.1, 0.15) is 29.5 Å². The number of halogens is 4. The summed E-state index contributed by atoms with van der Waals surface area (Å²) in [7, 11) is 0. The quantitative estimate of drug-likeness (QED) is 0.189. The number of nitrogens with one attached hydrogen (secondary N) is 1. The molecule has 1 heterocycles. The van der Waals surface area contributed by atoms with Gasteiger partial charge in [0.25, 0.3) is 5.69 Å². The number of nitro groups is 1. The largest absolute Gasteiger partial charge is 0.376 e. The van der Waals surface area contributed by atoms with Gasteiger partial charge >= 0.3 is 0 Å². The zero-order valence-corrected chi connectivity index (χ0v) is 21.7. The van der Waals surface area contributed by atoms with Crippen LogP contribution in [0.3, 0.4) is 0 Å². The van der Waals surface area contributed by atoms with Gasteiger partial charge in [0, 0.05) is 26.7 Å². The standard InChI is InChI=1S/C24H18BrCl3N2O2S/c25-13-7-5-12(6-8-13)23-16-11-20(33-19-4-2-1-3-18(19)30(31)32)22(28)21(16)15-9-14(26)10-17(27)24(15)29-23/h1-10,16,20-23,29H,11H2/t16-,20-,21+,22-,23+/m1/s1. The highest BCUT2D eigenvalue weighted by Gasteiger charge is 2.50. The maximum atomic E-state index is 11.5. The predicted octanol–water partition coefficient (Wildman–Crippen LogP) is 8.70.